The van der Waals surface area contributed by atoms with E-state index in [9.17, 15) is 9.90 Å². The first-order valence-electron chi connectivity index (χ1n) is 11.4. The SMILES string of the molecule is COc1cc(-c2cc(C(=O)N=Nc3c(O)n(C)c4ccccc34)c3ccccc3n2)cc(OC)c1OC. The fourth-order valence-electron chi connectivity index (χ4n) is 4.34. The first kappa shape index (κ1) is 23.8. The number of aromatic nitrogens is 2. The Morgan fingerprint density at radius 2 is 1.54 bits per heavy atom. The Kier molecular flexibility index (Phi) is 6.19. The third kappa shape index (κ3) is 4.10. The van der Waals surface area contributed by atoms with Crippen LogP contribution in [0.2, 0.25) is 0 Å². The molecule has 1 amide bonds. The summed E-state index contributed by atoms with van der Waals surface area (Å²) >= 11 is 0. The van der Waals surface area contributed by atoms with Gasteiger partial charge in [-0.15, -0.1) is 10.2 Å². The lowest BCUT2D eigenvalue weighted by molar-refractivity contribution is 0.0996. The molecule has 5 aromatic rings. The molecule has 0 spiro atoms. The molecule has 0 saturated heterocycles. The van der Waals surface area contributed by atoms with E-state index in [2.05, 4.69) is 10.2 Å². The molecule has 0 aliphatic carbocycles. The standard InChI is InChI=1S/C28H24N4O5/c1-32-22-12-8-6-10-18(22)25(28(32)34)30-31-27(33)19-15-21(29-20-11-7-5-9-17(19)20)16-13-23(35-2)26(37-4)24(14-16)36-3/h5-15,34H,1-4H3. The number of hydrogen-bond donors (Lipinski definition) is 1. The third-order valence-corrected chi connectivity index (χ3v) is 6.20. The molecule has 0 unspecified atom stereocenters. The van der Waals surface area contributed by atoms with Crippen molar-refractivity contribution in [2.45, 2.75) is 0 Å². The van der Waals surface area contributed by atoms with Crippen molar-refractivity contribution >= 4 is 33.4 Å². The third-order valence-electron chi connectivity index (χ3n) is 6.20. The summed E-state index contributed by atoms with van der Waals surface area (Å²) in [4.78, 5) is 18.1. The lowest BCUT2D eigenvalue weighted by Gasteiger charge is -2.14. The van der Waals surface area contributed by atoms with E-state index in [1.807, 2.05) is 42.5 Å². The van der Waals surface area contributed by atoms with Crippen molar-refractivity contribution in [3.63, 3.8) is 0 Å². The summed E-state index contributed by atoms with van der Waals surface area (Å²) < 4.78 is 18.0. The number of rotatable bonds is 6. The largest absolute Gasteiger partial charge is 0.493 e. The van der Waals surface area contributed by atoms with E-state index >= 15 is 0 Å². The van der Waals surface area contributed by atoms with Crippen LogP contribution < -0.4 is 14.2 Å². The molecular formula is C28H24N4O5. The Hall–Kier alpha value is -4.92. The number of benzene rings is 3. The van der Waals surface area contributed by atoms with E-state index in [1.165, 1.54) is 21.3 Å². The summed E-state index contributed by atoms with van der Waals surface area (Å²) in [6, 6.07) is 19.9. The summed E-state index contributed by atoms with van der Waals surface area (Å²) in [7, 11) is 6.32. The smallest absolute Gasteiger partial charge is 0.296 e. The minimum absolute atomic E-state index is 0.0737. The summed E-state index contributed by atoms with van der Waals surface area (Å²) in [5.74, 6) is 0.737. The number of carbonyl (C=O) groups is 1. The van der Waals surface area contributed by atoms with E-state index in [4.69, 9.17) is 19.2 Å². The van der Waals surface area contributed by atoms with E-state index < -0.39 is 5.91 Å². The van der Waals surface area contributed by atoms with Gasteiger partial charge in [-0.05, 0) is 30.3 Å². The quantitative estimate of drug-likeness (QED) is 0.287. The molecule has 9 nitrogen and oxygen atoms in total. The number of amides is 1. The van der Waals surface area contributed by atoms with Crippen LogP contribution in [0, 0.1) is 0 Å². The summed E-state index contributed by atoms with van der Waals surface area (Å²) in [5.41, 5.74) is 3.12. The van der Waals surface area contributed by atoms with Gasteiger partial charge in [0.2, 0.25) is 11.6 Å². The molecule has 5 rings (SSSR count). The van der Waals surface area contributed by atoms with Gasteiger partial charge in [-0.25, -0.2) is 4.98 Å². The predicted octanol–water partition coefficient (Wildman–Crippen LogP) is 6.05. The number of para-hydroxylation sites is 2. The number of aryl methyl sites for hydroxylation is 1. The molecule has 0 atom stereocenters. The maximum atomic E-state index is 13.4. The van der Waals surface area contributed by atoms with Gasteiger partial charge in [0, 0.05) is 23.4 Å². The maximum Gasteiger partial charge on any atom is 0.296 e. The highest BCUT2D eigenvalue weighted by Gasteiger charge is 2.19. The zero-order chi connectivity index (χ0) is 26.1. The van der Waals surface area contributed by atoms with Crippen LogP contribution >= 0.6 is 0 Å². The number of ether oxygens (including phenoxy) is 3. The van der Waals surface area contributed by atoms with Crippen LogP contribution in [-0.2, 0) is 7.05 Å². The number of nitrogens with zero attached hydrogens (tertiary/aromatic N) is 4. The molecule has 0 bridgehead atoms. The zero-order valence-electron chi connectivity index (χ0n) is 20.7. The molecule has 2 heterocycles. The van der Waals surface area contributed by atoms with Crippen molar-refractivity contribution in [1.82, 2.24) is 9.55 Å². The van der Waals surface area contributed by atoms with Crippen LogP contribution in [0.25, 0.3) is 33.1 Å². The van der Waals surface area contributed by atoms with Crippen molar-refractivity contribution in [2.75, 3.05) is 21.3 Å². The lowest BCUT2D eigenvalue weighted by Crippen LogP contribution is -2.00. The number of hydrogen-bond acceptors (Lipinski definition) is 7. The zero-order valence-corrected chi connectivity index (χ0v) is 20.7. The molecular weight excluding hydrogens is 472 g/mol. The van der Waals surface area contributed by atoms with Crippen molar-refractivity contribution in [2.24, 2.45) is 17.3 Å². The Bertz CT molecular complexity index is 1660. The molecule has 9 heteroatoms. The lowest BCUT2D eigenvalue weighted by atomic mass is 10.0. The Morgan fingerprint density at radius 1 is 0.892 bits per heavy atom. The number of carbonyl (C=O) groups excluding carboxylic acids is 1. The summed E-state index contributed by atoms with van der Waals surface area (Å²) in [5, 5.41) is 20.0. The molecule has 0 fully saturated rings. The van der Waals surface area contributed by atoms with Crippen LogP contribution in [0.3, 0.4) is 0 Å². The first-order valence-corrected chi connectivity index (χ1v) is 11.4. The monoisotopic (exact) mass is 496 g/mol. The van der Waals surface area contributed by atoms with E-state index in [0.717, 1.165) is 5.52 Å². The van der Waals surface area contributed by atoms with Crippen molar-refractivity contribution in [1.29, 1.82) is 0 Å². The second kappa shape index (κ2) is 9.62. The van der Waals surface area contributed by atoms with Gasteiger partial charge in [-0.3, -0.25) is 4.79 Å². The van der Waals surface area contributed by atoms with Crippen LogP contribution in [0.5, 0.6) is 23.1 Å². The van der Waals surface area contributed by atoms with Gasteiger partial charge in [-0.2, -0.15) is 0 Å². The number of pyridine rings is 1. The highest BCUT2D eigenvalue weighted by atomic mass is 16.5. The molecule has 0 saturated carbocycles. The van der Waals surface area contributed by atoms with Gasteiger partial charge < -0.3 is 23.9 Å². The molecule has 37 heavy (non-hydrogen) atoms. The van der Waals surface area contributed by atoms with Gasteiger partial charge in [-0.1, -0.05) is 36.4 Å². The molecule has 0 aliphatic rings. The maximum absolute atomic E-state index is 13.4. The van der Waals surface area contributed by atoms with E-state index in [-0.39, 0.29) is 11.6 Å². The highest BCUT2D eigenvalue weighted by molar-refractivity contribution is 6.07. The molecule has 186 valence electrons. The average Bonchev–Trinajstić information content (AvgIpc) is 3.19. The van der Waals surface area contributed by atoms with E-state index in [0.29, 0.717) is 50.4 Å². The van der Waals surface area contributed by atoms with Crippen LogP contribution in [0.15, 0.2) is 77.0 Å². The minimum Gasteiger partial charge on any atom is -0.493 e. The molecule has 1 N–H and O–H groups in total. The number of methoxy groups -OCH3 is 3. The Morgan fingerprint density at radius 3 is 2.22 bits per heavy atom. The molecule has 3 aromatic carbocycles. The minimum atomic E-state index is -0.570. The van der Waals surface area contributed by atoms with Crippen molar-refractivity contribution in [3.8, 4) is 34.4 Å². The average molecular weight is 497 g/mol. The van der Waals surface area contributed by atoms with Gasteiger partial charge in [0.25, 0.3) is 5.91 Å². The van der Waals surface area contributed by atoms with Gasteiger partial charge in [0.1, 0.15) is 0 Å². The van der Waals surface area contributed by atoms with Gasteiger partial charge >= 0.3 is 0 Å². The van der Waals surface area contributed by atoms with Crippen LogP contribution in [0.1, 0.15) is 10.4 Å². The Balaban J connectivity index is 1.63. The van der Waals surface area contributed by atoms with Gasteiger partial charge in [0.15, 0.2) is 17.2 Å². The van der Waals surface area contributed by atoms with Crippen molar-refractivity contribution < 1.29 is 24.1 Å². The number of aromatic hydroxyl groups is 1. The fraction of sp³-hybridized carbons (Fsp3) is 0.143. The van der Waals surface area contributed by atoms with E-state index in [1.54, 1.807) is 35.9 Å². The second-order valence-electron chi connectivity index (χ2n) is 8.24. The number of azo groups is 1. The topological polar surface area (TPSA) is 108 Å². The van der Waals surface area contributed by atoms with Gasteiger partial charge in [0.05, 0.1) is 43.6 Å². The van der Waals surface area contributed by atoms with Crippen LogP contribution in [0.4, 0.5) is 5.69 Å². The van der Waals surface area contributed by atoms with Crippen molar-refractivity contribution in [3.05, 3.63) is 72.3 Å². The highest BCUT2D eigenvalue weighted by Crippen LogP contribution is 2.42. The number of fused-ring (bicyclic) bond motifs is 2. The molecule has 0 radical (unpaired) electrons. The summed E-state index contributed by atoms with van der Waals surface area (Å²) in [6.45, 7) is 0. The first-order chi connectivity index (χ1) is 18.0. The van der Waals surface area contributed by atoms with Crippen LogP contribution in [-0.4, -0.2) is 41.9 Å². The normalized spacial score (nSPS) is 11.4. The Labute approximate surface area is 212 Å². The summed E-state index contributed by atoms with van der Waals surface area (Å²) in [6.07, 6.45) is 0. The fourth-order valence-corrected chi connectivity index (χ4v) is 4.34. The molecule has 2 aromatic heterocycles. The second-order valence-corrected chi connectivity index (χ2v) is 8.24. The predicted molar refractivity (Wildman–Crippen MR) is 140 cm³/mol. The molecule has 0 aliphatic heterocycles.